The molecule has 0 amide bonds. The zero-order chi connectivity index (χ0) is 17.0. The van der Waals surface area contributed by atoms with E-state index in [4.69, 9.17) is 11.5 Å². The van der Waals surface area contributed by atoms with Gasteiger partial charge in [0.2, 0.25) is 0 Å². The fourth-order valence-electron chi connectivity index (χ4n) is 3.28. The van der Waals surface area contributed by atoms with Crippen molar-refractivity contribution in [2.24, 2.45) is 11.5 Å². The van der Waals surface area contributed by atoms with E-state index < -0.39 is 0 Å². The fraction of sp³-hybridized carbons (Fsp3) is 1.00. The van der Waals surface area contributed by atoms with Crippen LogP contribution in [0.15, 0.2) is 0 Å². The molecule has 23 heavy (non-hydrogen) atoms. The molecule has 0 heterocycles. The molecule has 0 saturated heterocycles. The normalized spacial score (nSPS) is 11.5. The smallest absolute Gasteiger partial charge is 0.0520 e. The van der Waals surface area contributed by atoms with Crippen LogP contribution >= 0.6 is 0 Å². The molecule has 0 unspecified atom stereocenters. The van der Waals surface area contributed by atoms with Gasteiger partial charge in [-0.2, -0.15) is 0 Å². The van der Waals surface area contributed by atoms with Crippen LogP contribution in [0.3, 0.4) is 0 Å². The van der Waals surface area contributed by atoms with Gasteiger partial charge in [0.25, 0.3) is 0 Å². The van der Waals surface area contributed by atoms with Crippen molar-refractivity contribution in [3.05, 3.63) is 0 Å². The van der Waals surface area contributed by atoms with Crippen LogP contribution in [0.4, 0.5) is 0 Å². The summed E-state index contributed by atoms with van der Waals surface area (Å²) in [5, 5.41) is 0. The van der Waals surface area contributed by atoms with Crippen LogP contribution in [0.25, 0.3) is 0 Å². The van der Waals surface area contributed by atoms with Gasteiger partial charge in [0, 0.05) is 0 Å². The maximum absolute atomic E-state index is 5.54. The van der Waals surface area contributed by atoms with E-state index in [1.165, 1.54) is 116 Å². The summed E-state index contributed by atoms with van der Waals surface area (Å²) in [6.45, 7) is 2.29. The Kier molecular flexibility index (Phi) is 19.9. The minimum Gasteiger partial charge on any atom is -0.316 e. The van der Waals surface area contributed by atoms with Gasteiger partial charge in [-0.3, -0.25) is 0 Å². The summed E-state index contributed by atoms with van der Waals surface area (Å²) >= 11 is 0. The van der Waals surface area contributed by atoms with Gasteiger partial charge < -0.3 is 11.5 Å². The topological polar surface area (TPSA) is 52.0 Å². The molecule has 0 radical (unpaired) electrons. The van der Waals surface area contributed by atoms with Crippen LogP contribution in [0.2, 0.25) is 0 Å². The third-order valence-corrected chi connectivity index (χ3v) is 4.89. The van der Waals surface area contributed by atoms with Crippen molar-refractivity contribution < 1.29 is 0 Å². The third-order valence-electron chi connectivity index (χ3n) is 4.89. The van der Waals surface area contributed by atoms with E-state index in [9.17, 15) is 0 Å². The number of nitrogens with two attached hydrogens (primary N) is 2. The highest BCUT2D eigenvalue weighted by molar-refractivity contribution is 4.53. The van der Waals surface area contributed by atoms with Gasteiger partial charge in [0.1, 0.15) is 0 Å². The Morgan fingerprint density at radius 2 is 0.696 bits per heavy atom. The Balaban J connectivity index is 2.95. The van der Waals surface area contributed by atoms with Crippen LogP contribution in [0.1, 0.15) is 129 Å². The van der Waals surface area contributed by atoms with E-state index in [1.54, 1.807) is 0 Å². The molecule has 0 bridgehead atoms. The maximum atomic E-state index is 5.54. The van der Waals surface area contributed by atoms with E-state index >= 15 is 0 Å². The first-order chi connectivity index (χ1) is 11.3. The molecule has 0 saturated carbocycles. The monoisotopic (exact) mass is 326 g/mol. The average molecular weight is 327 g/mol. The molecular weight excluding hydrogens is 280 g/mol. The minimum absolute atomic E-state index is 0.101. The summed E-state index contributed by atoms with van der Waals surface area (Å²) in [4.78, 5) is 0. The zero-order valence-electron chi connectivity index (χ0n) is 16.2. The summed E-state index contributed by atoms with van der Waals surface area (Å²) in [7, 11) is 0. The molecule has 4 N–H and O–H groups in total. The molecule has 0 aliphatic carbocycles. The van der Waals surface area contributed by atoms with Crippen molar-refractivity contribution >= 4 is 0 Å². The van der Waals surface area contributed by atoms with Crippen LogP contribution in [0, 0.1) is 0 Å². The van der Waals surface area contributed by atoms with Crippen molar-refractivity contribution in [2.45, 2.75) is 135 Å². The first kappa shape index (κ1) is 22.9. The first-order valence-corrected chi connectivity index (χ1v) is 10.8. The number of hydrogen-bond acceptors (Lipinski definition) is 2. The largest absolute Gasteiger partial charge is 0.316 e. The molecule has 0 aromatic carbocycles. The highest BCUT2D eigenvalue weighted by Gasteiger charge is 1.96. The lowest BCUT2D eigenvalue weighted by Gasteiger charge is -2.05. The highest BCUT2D eigenvalue weighted by Crippen LogP contribution is 2.14. The summed E-state index contributed by atoms with van der Waals surface area (Å²) in [5.41, 5.74) is 11.1. The molecule has 0 fully saturated rings. The molecular formula is C21H46N2. The zero-order valence-corrected chi connectivity index (χ0v) is 16.2. The molecule has 2 nitrogen and oxygen atoms in total. The molecule has 0 aliphatic heterocycles. The second kappa shape index (κ2) is 20.0. The SMILES string of the molecule is CCCCCCCCCCCCCCCCCCCCC(N)N. The van der Waals surface area contributed by atoms with Gasteiger partial charge in [-0.25, -0.2) is 0 Å². The van der Waals surface area contributed by atoms with Crippen LogP contribution in [0.5, 0.6) is 0 Å². The summed E-state index contributed by atoms with van der Waals surface area (Å²) in [6.07, 6.45) is 26.5. The van der Waals surface area contributed by atoms with Gasteiger partial charge >= 0.3 is 0 Å². The highest BCUT2D eigenvalue weighted by atomic mass is 14.8. The molecule has 0 spiro atoms. The molecule has 0 aliphatic rings. The quantitative estimate of drug-likeness (QED) is 0.206. The molecule has 140 valence electrons. The predicted molar refractivity (Wildman–Crippen MR) is 106 cm³/mol. The third kappa shape index (κ3) is 21.9. The first-order valence-electron chi connectivity index (χ1n) is 10.8. The van der Waals surface area contributed by atoms with E-state index in [1.807, 2.05) is 0 Å². The predicted octanol–water partition coefficient (Wildman–Crippen LogP) is 6.66. The molecule has 0 atom stereocenters. The summed E-state index contributed by atoms with van der Waals surface area (Å²) in [5.74, 6) is 0. The van der Waals surface area contributed by atoms with Crippen molar-refractivity contribution in [2.75, 3.05) is 0 Å². The van der Waals surface area contributed by atoms with Crippen molar-refractivity contribution in [1.29, 1.82) is 0 Å². The molecule has 0 aromatic rings. The van der Waals surface area contributed by atoms with Crippen molar-refractivity contribution in [3.8, 4) is 0 Å². The summed E-state index contributed by atoms with van der Waals surface area (Å²) < 4.78 is 0. The second-order valence-electron chi connectivity index (χ2n) is 7.46. The van der Waals surface area contributed by atoms with Crippen LogP contribution < -0.4 is 11.5 Å². The van der Waals surface area contributed by atoms with E-state index in [-0.39, 0.29) is 6.17 Å². The second-order valence-corrected chi connectivity index (χ2v) is 7.46. The number of rotatable bonds is 19. The molecule has 2 heteroatoms. The van der Waals surface area contributed by atoms with Gasteiger partial charge in [0.05, 0.1) is 6.17 Å². The van der Waals surface area contributed by atoms with Gasteiger partial charge in [-0.05, 0) is 6.42 Å². The van der Waals surface area contributed by atoms with E-state index in [0.29, 0.717) is 0 Å². The fourth-order valence-corrected chi connectivity index (χ4v) is 3.28. The van der Waals surface area contributed by atoms with Gasteiger partial charge in [0.15, 0.2) is 0 Å². The lowest BCUT2D eigenvalue weighted by Crippen LogP contribution is -2.29. The van der Waals surface area contributed by atoms with Gasteiger partial charge in [-0.15, -0.1) is 0 Å². The lowest BCUT2D eigenvalue weighted by atomic mass is 10.0. The Morgan fingerprint density at radius 1 is 0.435 bits per heavy atom. The standard InChI is InChI=1S/C21H46N2/c1-2-3-4-5-6-7-8-9-10-11-12-13-14-15-16-17-18-19-20-21(22)23/h21H,2-20,22-23H2,1H3. The van der Waals surface area contributed by atoms with E-state index in [2.05, 4.69) is 6.92 Å². The summed E-state index contributed by atoms with van der Waals surface area (Å²) in [6, 6.07) is 0. The maximum Gasteiger partial charge on any atom is 0.0520 e. The number of unbranched alkanes of at least 4 members (excludes halogenated alkanes) is 17. The van der Waals surface area contributed by atoms with E-state index in [0.717, 1.165) is 6.42 Å². The lowest BCUT2D eigenvalue weighted by molar-refractivity contribution is 0.515. The Hall–Kier alpha value is -0.0800. The van der Waals surface area contributed by atoms with Crippen LogP contribution in [-0.2, 0) is 0 Å². The molecule has 0 rings (SSSR count). The Morgan fingerprint density at radius 3 is 0.957 bits per heavy atom. The van der Waals surface area contributed by atoms with Gasteiger partial charge in [-0.1, -0.05) is 122 Å². The Labute approximate surface area is 147 Å². The van der Waals surface area contributed by atoms with Crippen molar-refractivity contribution in [3.63, 3.8) is 0 Å². The minimum atomic E-state index is -0.101. The number of hydrogen-bond donors (Lipinski definition) is 2. The molecule has 0 aromatic heterocycles. The average Bonchev–Trinajstić information content (AvgIpc) is 2.53. The van der Waals surface area contributed by atoms with Crippen LogP contribution in [-0.4, -0.2) is 6.17 Å². The van der Waals surface area contributed by atoms with Crippen molar-refractivity contribution in [1.82, 2.24) is 0 Å². The Bertz CT molecular complexity index is 204.